The lowest BCUT2D eigenvalue weighted by molar-refractivity contribution is -0.138. The Bertz CT molecular complexity index is 1000. The summed E-state index contributed by atoms with van der Waals surface area (Å²) >= 11 is 0. The van der Waals surface area contributed by atoms with Crippen LogP contribution in [0, 0.1) is 25.2 Å². The lowest BCUT2D eigenvalue weighted by Gasteiger charge is -2.12. The minimum Gasteiger partial charge on any atom is -0.493 e. The van der Waals surface area contributed by atoms with E-state index in [2.05, 4.69) is 0 Å². The maximum Gasteiger partial charge on any atom is 0.349 e. The average Bonchev–Trinajstić information content (AvgIpc) is 2.73. The summed E-state index contributed by atoms with van der Waals surface area (Å²) in [6.07, 6.45) is 1.37. The summed E-state index contributed by atoms with van der Waals surface area (Å²) in [5.41, 5.74) is 2.30. The van der Waals surface area contributed by atoms with Crippen molar-refractivity contribution in [3.8, 4) is 23.3 Å². The molecule has 0 amide bonds. The second-order valence-corrected chi connectivity index (χ2v) is 6.33. The van der Waals surface area contributed by atoms with E-state index in [1.165, 1.54) is 19.3 Å². The third kappa shape index (κ3) is 6.11. The lowest BCUT2D eigenvalue weighted by atomic mass is 10.1. The zero-order valence-corrected chi connectivity index (χ0v) is 17.4. The Balaban J connectivity index is 2.11. The van der Waals surface area contributed by atoms with E-state index in [4.69, 9.17) is 24.2 Å². The van der Waals surface area contributed by atoms with Crippen LogP contribution in [0.3, 0.4) is 0 Å². The molecule has 2 rings (SSSR count). The van der Waals surface area contributed by atoms with Gasteiger partial charge in [-0.2, -0.15) is 5.26 Å². The molecular weight excluding hydrogens is 386 g/mol. The molecule has 0 aliphatic carbocycles. The Morgan fingerprint density at radius 2 is 1.83 bits per heavy atom. The molecule has 0 saturated carbocycles. The monoisotopic (exact) mass is 409 g/mol. The summed E-state index contributed by atoms with van der Waals surface area (Å²) in [6.45, 7) is 5.38. The first-order valence-corrected chi connectivity index (χ1v) is 9.25. The van der Waals surface area contributed by atoms with E-state index in [0.717, 1.165) is 11.1 Å². The number of ether oxygens (including phenoxy) is 4. The number of nitrogens with zero attached hydrogens (tertiary/aromatic N) is 1. The van der Waals surface area contributed by atoms with Crippen molar-refractivity contribution in [1.82, 2.24) is 0 Å². The van der Waals surface area contributed by atoms with Crippen LogP contribution in [0.4, 0.5) is 0 Å². The Morgan fingerprint density at radius 1 is 1.07 bits per heavy atom. The highest BCUT2D eigenvalue weighted by Gasteiger charge is 2.14. The van der Waals surface area contributed by atoms with Gasteiger partial charge in [0, 0.05) is 0 Å². The molecule has 0 spiro atoms. The molecule has 0 aliphatic heterocycles. The molecule has 0 saturated heterocycles. The molecule has 0 radical (unpaired) electrons. The summed E-state index contributed by atoms with van der Waals surface area (Å²) in [5.74, 6) is -0.231. The summed E-state index contributed by atoms with van der Waals surface area (Å²) in [6, 6.07) is 12.2. The quantitative estimate of drug-likeness (QED) is 0.283. The van der Waals surface area contributed by atoms with Gasteiger partial charge in [-0.05, 0) is 61.7 Å². The summed E-state index contributed by atoms with van der Waals surface area (Å²) in [4.78, 5) is 24.0. The molecule has 0 fully saturated rings. The van der Waals surface area contributed by atoms with Crippen molar-refractivity contribution in [1.29, 1.82) is 5.26 Å². The maximum atomic E-state index is 12.2. The lowest BCUT2D eigenvalue weighted by Crippen LogP contribution is -2.18. The molecule has 0 heterocycles. The van der Waals surface area contributed by atoms with Crippen molar-refractivity contribution in [2.24, 2.45) is 0 Å². The molecule has 0 aliphatic rings. The highest BCUT2D eigenvalue weighted by molar-refractivity contribution is 5.98. The number of aryl methyl sites for hydroxylation is 2. The largest absolute Gasteiger partial charge is 0.493 e. The standard InChI is InChI=1S/C23H23NO6/c1-5-28-23(26)18(13-24)11-17-8-9-19(21(12-17)27-4)30-22(25)14-29-20-10-15(2)6-7-16(20)3/h6-12H,5,14H2,1-4H3. The number of benzene rings is 2. The van der Waals surface area contributed by atoms with Gasteiger partial charge in [0.05, 0.1) is 13.7 Å². The van der Waals surface area contributed by atoms with Gasteiger partial charge in [-0.15, -0.1) is 0 Å². The first kappa shape index (κ1) is 22.5. The van der Waals surface area contributed by atoms with E-state index in [1.807, 2.05) is 32.0 Å². The van der Waals surface area contributed by atoms with Crippen LogP contribution in [0.15, 0.2) is 42.0 Å². The molecule has 0 unspecified atom stereocenters. The molecule has 7 heteroatoms. The number of nitriles is 1. The normalized spacial score (nSPS) is 10.7. The molecule has 2 aromatic carbocycles. The van der Waals surface area contributed by atoms with Crippen LogP contribution in [-0.4, -0.2) is 32.3 Å². The minimum atomic E-state index is -0.710. The zero-order valence-electron chi connectivity index (χ0n) is 17.4. The summed E-state index contributed by atoms with van der Waals surface area (Å²) < 4.78 is 21.0. The van der Waals surface area contributed by atoms with E-state index >= 15 is 0 Å². The minimum absolute atomic E-state index is 0.148. The fourth-order valence-electron chi connectivity index (χ4n) is 2.52. The van der Waals surface area contributed by atoms with Crippen molar-refractivity contribution in [2.45, 2.75) is 20.8 Å². The Kier molecular flexibility index (Phi) is 8.00. The van der Waals surface area contributed by atoms with Crippen molar-refractivity contribution >= 4 is 18.0 Å². The van der Waals surface area contributed by atoms with Gasteiger partial charge in [0.2, 0.25) is 0 Å². The van der Waals surface area contributed by atoms with E-state index in [-0.39, 0.29) is 30.3 Å². The van der Waals surface area contributed by atoms with Crippen LogP contribution >= 0.6 is 0 Å². The first-order chi connectivity index (χ1) is 14.4. The third-order valence-electron chi connectivity index (χ3n) is 4.03. The van der Waals surface area contributed by atoms with Gasteiger partial charge < -0.3 is 18.9 Å². The average molecular weight is 409 g/mol. The number of rotatable bonds is 8. The number of hydrogen-bond acceptors (Lipinski definition) is 7. The molecule has 0 N–H and O–H groups in total. The highest BCUT2D eigenvalue weighted by atomic mass is 16.6. The van der Waals surface area contributed by atoms with Gasteiger partial charge >= 0.3 is 11.9 Å². The van der Waals surface area contributed by atoms with Gasteiger partial charge in [0.1, 0.15) is 17.4 Å². The van der Waals surface area contributed by atoms with Gasteiger partial charge in [-0.25, -0.2) is 9.59 Å². The van der Waals surface area contributed by atoms with Crippen LogP contribution in [0.5, 0.6) is 17.2 Å². The molecule has 0 bridgehead atoms. The van der Waals surface area contributed by atoms with Crippen LogP contribution in [0.2, 0.25) is 0 Å². The Hall–Kier alpha value is -3.79. The van der Waals surface area contributed by atoms with Gasteiger partial charge in [0.15, 0.2) is 18.1 Å². The van der Waals surface area contributed by atoms with Gasteiger partial charge in [-0.3, -0.25) is 0 Å². The van der Waals surface area contributed by atoms with E-state index in [9.17, 15) is 9.59 Å². The summed E-state index contributed by atoms with van der Waals surface area (Å²) in [7, 11) is 1.42. The van der Waals surface area contributed by atoms with E-state index in [1.54, 1.807) is 25.1 Å². The van der Waals surface area contributed by atoms with Crippen LogP contribution in [0.25, 0.3) is 6.08 Å². The number of methoxy groups -OCH3 is 1. The highest BCUT2D eigenvalue weighted by Crippen LogP contribution is 2.29. The molecule has 0 aromatic heterocycles. The van der Waals surface area contributed by atoms with E-state index < -0.39 is 11.9 Å². The van der Waals surface area contributed by atoms with Gasteiger partial charge in [0.25, 0.3) is 0 Å². The second kappa shape index (κ2) is 10.7. The molecule has 7 nitrogen and oxygen atoms in total. The van der Waals surface area contributed by atoms with Crippen LogP contribution in [-0.2, 0) is 14.3 Å². The summed E-state index contributed by atoms with van der Waals surface area (Å²) in [5, 5.41) is 9.14. The number of esters is 2. The zero-order chi connectivity index (χ0) is 22.1. The Morgan fingerprint density at radius 3 is 2.50 bits per heavy atom. The molecule has 156 valence electrons. The smallest absolute Gasteiger partial charge is 0.349 e. The van der Waals surface area contributed by atoms with E-state index in [0.29, 0.717) is 11.3 Å². The number of carbonyl (C=O) groups is 2. The Labute approximate surface area is 175 Å². The van der Waals surface area contributed by atoms with Crippen molar-refractivity contribution in [3.05, 3.63) is 58.7 Å². The fourth-order valence-corrected chi connectivity index (χ4v) is 2.52. The second-order valence-electron chi connectivity index (χ2n) is 6.33. The molecule has 0 atom stereocenters. The molecular formula is C23H23NO6. The van der Waals surface area contributed by atoms with Crippen molar-refractivity contribution in [2.75, 3.05) is 20.3 Å². The number of hydrogen-bond donors (Lipinski definition) is 0. The van der Waals surface area contributed by atoms with Gasteiger partial charge in [-0.1, -0.05) is 18.2 Å². The van der Waals surface area contributed by atoms with Crippen LogP contribution in [0.1, 0.15) is 23.6 Å². The predicted octanol–water partition coefficient (Wildman–Crippen LogP) is 3.77. The van der Waals surface area contributed by atoms with Crippen LogP contribution < -0.4 is 14.2 Å². The predicted molar refractivity (Wildman–Crippen MR) is 110 cm³/mol. The first-order valence-electron chi connectivity index (χ1n) is 9.25. The topological polar surface area (TPSA) is 94.9 Å². The molecule has 2 aromatic rings. The third-order valence-corrected chi connectivity index (χ3v) is 4.03. The SMILES string of the molecule is CCOC(=O)C(C#N)=Cc1ccc(OC(=O)COc2cc(C)ccc2C)c(OC)c1. The van der Waals surface area contributed by atoms with Crippen molar-refractivity contribution in [3.63, 3.8) is 0 Å². The molecule has 30 heavy (non-hydrogen) atoms. The number of carbonyl (C=O) groups excluding carboxylic acids is 2. The maximum absolute atomic E-state index is 12.2. The van der Waals surface area contributed by atoms with Crippen molar-refractivity contribution < 1.29 is 28.5 Å². The fraction of sp³-hybridized carbons (Fsp3) is 0.261.